The fourth-order valence-corrected chi connectivity index (χ4v) is 3.31. The van der Waals surface area contributed by atoms with Gasteiger partial charge in [0.1, 0.15) is 5.52 Å². The van der Waals surface area contributed by atoms with Gasteiger partial charge in [-0.25, -0.2) is 15.0 Å². The van der Waals surface area contributed by atoms with Crippen LogP contribution in [-0.2, 0) is 6.54 Å². The topological polar surface area (TPSA) is 85.3 Å². The minimum atomic E-state index is -0.201. The Bertz CT molecular complexity index is 1350. The zero-order valence-corrected chi connectivity index (χ0v) is 16.7. The van der Waals surface area contributed by atoms with Gasteiger partial charge in [0.05, 0.1) is 5.56 Å². The van der Waals surface area contributed by atoms with E-state index in [1.54, 1.807) is 29.1 Å². The van der Waals surface area contributed by atoms with Crippen LogP contribution in [-0.4, -0.2) is 25.3 Å². The molecule has 5 rings (SSSR count). The molecule has 0 unspecified atom stereocenters. The van der Waals surface area contributed by atoms with Crippen molar-refractivity contribution in [2.45, 2.75) is 13.5 Å². The van der Waals surface area contributed by atoms with Gasteiger partial charge in [-0.3, -0.25) is 9.20 Å². The van der Waals surface area contributed by atoms with E-state index in [0.717, 1.165) is 22.2 Å². The molecule has 3 aromatic heterocycles. The van der Waals surface area contributed by atoms with E-state index < -0.39 is 0 Å². The maximum absolute atomic E-state index is 12.4. The Hall–Kier alpha value is -3.71. The van der Waals surface area contributed by atoms with E-state index in [-0.39, 0.29) is 5.91 Å². The van der Waals surface area contributed by atoms with Gasteiger partial charge in [0, 0.05) is 48.0 Å². The number of halogens is 1. The number of amides is 1. The van der Waals surface area contributed by atoms with Crippen molar-refractivity contribution in [2.75, 3.05) is 0 Å². The molecule has 8 heteroatoms. The van der Waals surface area contributed by atoms with Crippen LogP contribution in [0.5, 0.6) is 0 Å². The van der Waals surface area contributed by atoms with Crippen LogP contribution in [0.25, 0.3) is 28.3 Å². The third-order valence-electron chi connectivity index (χ3n) is 4.83. The fourth-order valence-electron chi connectivity index (χ4n) is 3.16. The number of imidazole rings is 1. The number of benzene rings is 2. The van der Waals surface area contributed by atoms with E-state index in [1.807, 2.05) is 37.3 Å². The first-order chi connectivity index (χ1) is 14.6. The molecule has 5 aromatic rings. The number of rotatable bonds is 4. The molecule has 1 N–H and O–H groups in total. The minimum absolute atomic E-state index is 0.201. The molecule has 1 amide bonds. The van der Waals surface area contributed by atoms with Gasteiger partial charge in [-0.2, -0.15) is 0 Å². The number of aryl methyl sites for hydroxylation is 1. The van der Waals surface area contributed by atoms with E-state index in [1.165, 1.54) is 6.20 Å². The van der Waals surface area contributed by atoms with E-state index in [2.05, 4.69) is 20.3 Å². The van der Waals surface area contributed by atoms with Crippen LogP contribution in [0.2, 0.25) is 5.02 Å². The Morgan fingerprint density at radius 3 is 2.87 bits per heavy atom. The maximum Gasteiger partial charge on any atom is 0.254 e. The van der Waals surface area contributed by atoms with Crippen molar-refractivity contribution < 1.29 is 9.21 Å². The highest BCUT2D eigenvalue weighted by atomic mass is 35.5. The third kappa shape index (κ3) is 3.40. The molecule has 0 aliphatic rings. The summed E-state index contributed by atoms with van der Waals surface area (Å²) in [5.41, 5.74) is 4.66. The number of nitrogens with one attached hydrogen (secondary N) is 1. The Morgan fingerprint density at radius 2 is 2.03 bits per heavy atom. The first kappa shape index (κ1) is 18.3. The van der Waals surface area contributed by atoms with Gasteiger partial charge in [-0.05, 0) is 36.2 Å². The van der Waals surface area contributed by atoms with Crippen molar-refractivity contribution in [3.05, 3.63) is 82.9 Å². The predicted octanol–water partition coefficient (Wildman–Crippen LogP) is 4.43. The van der Waals surface area contributed by atoms with Crippen LogP contribution in [0.4, 0.5) is 0 Å². The molecule has 0 aliphatic carbocycles. The fraction of sp³-hybridized carbons (Fsp3) is 0.0909. The smallest absolute Gasteiger partial charge is 0.254 e. The third-order valence-corrected chi connectivity index (χ3v) is 5.24. The Kier molecular flexibility index (Phi) is 4.44. The van der Waals surface area contributed by atoms with Crippen LogP contribution < -0.4 is 5.32 Å². The first-order valence-electron chi connectivity index (χ1n) is 9.30. The van der Waals surface area contributed by atoms with E-state index in [0.29, 0.717) is 34.4 Å². The average Bonchev–Trinajstić information content (AvgIpc) is 3.39. The molecular formula is C22H16ClN5O2. The van der Waals surface area contributed by atoms with Crippen LogP contribution in [0.15, 0.2) is 65.6 Å². The summed E-state index contributed by atoms with van der Waals surface area (Å²) in [6, 6.07) is 11.4. The van der Waals surface area contributed by atoms with E-state index in [9.17, 15) is 4.79 Å². The highest BCUT2D eigenvalue weighted by molar-refractivity contribution is 6.32. The molecule has 7 nitrogen and oxygen atoms in total. The lowest BCUT2D eigenvalue weighted by atomic mass is 10.1. The zero-order valence-electron chi connectivity index (χ0n) is 16.0. The molecule has 148 valence electrons. The van der Waals surface area contributed by atoms with E-state index in [4.69, 9.17) is 16.0 Å². The molecule has 2 aromatic carbocycles. The number of hydrogen-bond acceptors (Lipinski definition) is 5. The van der Waals surface area contributed by atoms with E-state index >= 15 is 0 Å². The monoisotopic (exact) mass is 417 g/mol. The number of hydrogen-bond donors (Lipinski definition) is 1. The lowest BCUT2D eigenvalue weighted by Gasteiger charge is -2.06. The Labute approximate surface area is 176 Å². The van der Waals surface area contributed by atoms with Crippen molar-refractivity contribution in [3.63, 3.8) is 0 Å². The summed E-state index contributed by atoms with van der Waals surface area (Å²) < 4.78 is 7.54. The summed E-state index contributed by atoms with van der Waals surface area (Å²) in [6.07, 6.45) is 6.61. The van der Waals surface area contributed by atoms with Crippen LogP contribution in [0.1, 0.15) is 21.5 Å². The van der Waals surface area contributed by atoms with Crippen molar-refractivity contribution in [1.29, 1.82) is 0 Å². The molecule has 0 saturated carbocycles. The Morgan fingerprint density at radius 1 is 1.20 bits per heavy atom. The molecule has 3 heterocycles. The molecule has 0 atom stereocenters. The zero-order chi connectivity index (χ0) is 20.7. The normalized spacial score (nSPS) is 11.3. The van der Waals surface area contributed by atoms with Crippen molar-refractivity contribution in [1.82, 2.24) is 24.7 Å². The van der Waals surface area contributed by atoms with Crippen LogP contribution in [0, 0.1) is 6.92 Å². The number of carbonyl (C=O) groups excluding carboxylic acids is 1. The summed E-state index contributed by atoms with van der Waals surface area (Å²) in [7, 11) is 0. The highest BCUT2D eigenvalue weighted by Gasteiger charge is 2.11. The summed E-state index contributed by atoms with van der Waals surface area (Å²) in [5, 5.41) is 3.55. The minimum Gasteiger partial charge on any atom is -0.436 e. The van der Waals surface area contributed by atoms with Gasteiger partial charge in [-0.15, -0.1) is 0 Å². The lowest BCUT2D eigenvalue weighted by molar-refractivity contribution is 0.0950. The second kappa shape index (κ2) is 7.27. The summed E-state index contributed by atoms with van der Waals surface area (Å²) in [5.74, 6) is 0.883. The SMILES string of the molecule is Cc1cc2nc(-c3ccc(CNC(=O)c4cnc5nccn5c4)cc3)oc2cc1Cl. The molecule has 30 heavy (non-hydrogen) atoms. The summed E-state index contributed by atoms with van der Waals surface area (Å²) in [6.45, 7) is 2.33. The van der Waals surface area contributed by atoms with Crippen molar-refractivity contribution >= 4 is 34.4 Å². The van der Waals surface area contributed by atoms with Crippen molar-refractivity contribution in [3.8, 4) is 11.5 Å². The van der Waals surface area contributed by atoms with Gasteiger partial charge >= 0.3 is 0 Å². The number of aromatic nitrogens is 4. The largest absolute Gasteiger partial charge is 0.436 e. The Balaban J connectivity index is 1.29. The standard InChI is InChI=1S/C22H16ClN5O2/c1-13-8-18-19(9-17(13)23)30-21(27-18)15-4-2-14(3-5-15)10-25-20(29)16-11-26-22-24-6-7-28(22)12-16/h2-9,11-12H,10H2,1H3,(H,25,29). The maximum atomic E-state index is 12.4. The molecular weight excluding hydrogens is 402 g/mol. The van der Waals surface area contributed by atoms with Crippen molar-refractivity contribution in [2.24, 2.45) is 0 Å². The van der Waals surface area contributed by atoms with Crippen LogP contribution in [0.3, 0.4) is 0 Å². The number of fused-ring (bicyclic) bond motifs is 2. The quantitative estimate of drug-likeness (QED) is 0.467. The predicted molar refractivity (Wildman–Crippen MR) is 113 cm³/mol. The molecule has 0 bridgehead atoms. The lowest BCUT2D eigenvalue weighted by Crippen LogP contribution is -2.23. The molecule has 0 aliphatic heterocycles. The number of nitrogens with zero attached hydrogens (tertiary/aromatic N) is 4. The molecule has 0 radical (unpaired) electrons. The molecule has 0 saturated heterocycles. The molecule has 0 fully saturated rings. The van der Waals surface area contributed by atoms with Gasteiger partial charge in [-0.1, -0.05) is 23.7 Å². The molecule has 0 spiro atoms. The number of oxazole rings is 1. The van der Waals surface area contributed by atoms with Gasteiger partial charge in [0.15, 0.2) is 5.58 Å². The average molecular weight is 418 g/mol. The summed E-state index contributed by atoms with van der Waals surface area (Å²) in [4.78, 5) is 25.2. The second-order valence-corrected chi connectivity index (χ2v) is 7.35. The highest BCUT2D eigenvalue weighted by Crippen LogP contribution is 2.28. The second-order valence-electron chi connectivity index (χ2n) is 6.94. The van der Waals surface area contributed by atoms with Gasteiger partial charge in [0.25, 0.3) is 5.91 Å². The number of carbonyl (C=O) groups is 1. The summed E-state index contributed by atoms with van der Waals surface area (Å²) >= 11 is 6.16. The van der Waals surface area contributed by atoms with Crippen LogP contribution >= 0.6 is 11.6 Å². The first-order valence-corrected chi connectivity index (χ1v) is 9.67. The van der Waals surface area contributed by atoms with Gasteiger partial charge < -0.3 is 9.73 Å². The van der Waals surface area contributed by atoms with Gasteiger partial charge in [0.2, 0.25) is 11.7 Å².